The first kappa shape index (κ1) is 43.6. The van der Waals surface area contributed by atoms with Gasteiger partial charge in [-0.1, -0.05) is 50.2 Å². The molecule has 6 aromatic carbocycles. The molecule has 0 saturated carbocycles. The van der Waals surface area contributed by atoms with E-state index >= 15 is 0 Å². The first-order chi connectivity index (χ1) is 23.4. The van der Waals surface area contributed by atoms with E-state index in [1.165, 1.54) is 66.3 Å². The summed E-state index contributed by atoms with van der Waals surface area (Å²) >= 11 is 4.21. The van der Waals surface area contributed by atoms with Crippen molar-refractivity contribution < 1.29 is 9.50 Å². The van der Waals surface area contributed by atoms with Crippen LogP contribution in [0.4, 0.5) is 11.4 Å². The molecule has 0 aliphatic carbocycles. The molecule has 0 atom stereocenters. The molecule has 6 aromatic rings. The van der Waals surface area contributed by atoms with Crippen LogP contribution in [-0.2, 0) is 22.3 Å². The van der Waals surface area contributed by atoms with Gasteiger partial charge in [0.25, 0.3) is 0 Å². The number of quaternary nitrogens is 2. The van der Waals surface area contributed by atoms with Crippen LogP contribution in [0.5, 0.6) is 0 Å². The summed E-state index contributed by atoms with van der Waals surface area (Å²) in [6.45, 7) is 8.73. The maximum atomic E-state index is 5.48. The zero-order valence-electron chi connectivity index (χ0n) is 31.2. The van der Waals surface area contributed by atoms with E-state index in [2.05, 4.69) is 215 Å². The Morgan fingerprint density at radius 1 is 0.580 bits per heavy atom. The van der Waals surface area contributed by atoms with Crippen molar-refractivity contribution in [1.82, 2.24) is 8.97 Å². The number of benzene rings is 4. The molecule has 0 saturated heterocycles. The number of halogens is 4. The van der Waals surface area contributed by atoms with Crippen molar-refractivity contribution in [2.24, 2.45) is 0 Å². The Hall–Kier alpha value is -0.840. The van der Waals surface area contributed by atoms with Crippen LogP contribution in [-0.4, -0.2) is 51.8 Å². The second-order valence-electron chi connectivity index (χ2n) is 14.1. The Kier molecular flexibility index (Phi) is 17.0. The fourth-order valence-electron chi connectivity index (χ4n) is 5.68. The van der Waals surface area contributed by atoms with Crippen LogP contribution in [0.2, 0.25) is 13.1 Å². The zero-order valence-corrected chi connectivity index (χ0v) is 40.5. The van der Waals surface area contributed by atoms with E-state index in [1.54, 1.807) is 0 Å². The third kappa shape index (κ3) is 13.2. The summed E-state index contributed by atoms with van der Waals surface area (Å²) in [5.74, 6) is 0. The quantitative estimate of drug-likeness (QED) is 0.0675. The number of nitrogens with zero attached hydrogens (tertiary/aromatic N) is 2. The van der Waals surface area contributed by atoms with Gasteiger partial charge in [0.1, 0.15) is 11.4 Å². The Morgan fingerprint density at radius 2 is 0.880 bits per heavy atom. The monoisotopic (exact) mass is 1030 g/mol. The van der Waals surface area contributed by atoms with E-state index in [9.17, 15) is 0 Å². The van der Waals surface area contributed by atoms with Crippen LogP contribution in [0, 0.1) is 0 Å². The molecule has 2 nitrogen and oxygen atoms in total. The number of aryl methyl sites for hydroxylation is 2. The Balaban J connectivity index is 0.000000223. The van der Waals surface area contributed by atoms with E-state index in [-0.39, 0.29) is 0 Å². The van der Waals surface area contributed by atoms with Gasteiger partial charge in [-0.05, 0) is 72.5 Å². The second-order valence-corrected chi connectivity index (χ2v) is 71.5. The number of hydrogen-bond acceptors (Lipinski definition) is 0. The van der Waals surface area contributed by atoms with Gasteiger partial charge in [0, 0.05) is 9.52 Å². The summed E-state index contributed by atoms with van der Waals surface area (Å²) in [5.41, 5.74) is 10.7. The predicted octanol–water partition coefficient (Wildman–Crippen LogP) is 13.9. The molecular weight excluding hydrogens is 977 g/mol. The molecule has 0 bridgehead atoms. The molecule has 0 heterocycles. The molecule has 0 amide bonds. The summed E-state index contributed by atoms with van der Waals surface area (Å²) in [6.07, 6.45) is 2.18. The van der Waals surface area contributed by atoms with Crippen molar-refractivity contribution in [2.75, 3.05) is 42.3 Å². The van der Waals surface area contributed by atoms with Crippen molar-refractivity contribution in [1.29, 1.82) is 0 Å². The van der Waals surface area contributed by atoms with Crippen LogP contribution in [0.15, 0.2) is 109 Å². The average Bonchev–Trinajstić information content (AvgIpc) is 3.68. The van der Waals surface area contributed by atoms with Crippen molar-refractivity contribution >= 4 is 95.6 Å². The van der Waals surface area contributed by atoms with Crippen LogP contribution < -0.4 is 8.97 Å². The number of fused-ring (bicyclic) bond motifs is 2. The van der Waals surface area contributed by atoms with Crippen molar-refractivity contribution in [3.05, 3.63) is 120 Å². The van der Waals surface area contributed by atoms with E-state index in [0.717, 1.165) is 31.3 Å². The van der Waals surface area contributed by atoms with E-state index < -0.39 is 9.50 Å². The van der Waals surface area contributed by atoms with Crippen LogP contribution >= 0.6 is 53.1 Å². The Bertz CT molecular complexity index is 1790. The molecule has 0 aliphatic heterocycles. The van der Waals surface area contributed by atoms with E-state index in [4.69, 9.17) is 17.0 Å². The summed E-state index contributed by atoms with van der Waals surface area (Å²) in [7, 11) is 22.9. The molecule has 8 heteroatoms. The third-order valence-electron chi connectivity index (χ3n) is 8.34. The van der Waals surface area contributed by atoms with E-state index in [1.807, 2.05) is 0 Å². The summed E-state index contributed by atoms with van der Waals surface area (Å²) in [5, 5.41) is 5.43. The van der Waals surface area contributed by atoms with Gasteiger partial charge in [0.2, 0.25) is 0 Å². The molecule has 0 spiro atoms. The van der Waals surface area contributed by atoms with Gasteiger partial charge in [-0.3, -0.25) is 8.97 Å². The zero-order chi connectivity index (χ0) is 37.3. The Labute approximate surface area is 334 Å². The minimum absolute atomic E-state index is 0.848. The fourth-order valence-corrected chi connectivity index (χ4v) is 5.68. The minimum atomic E-state index is -2.30. The molecule has 6 rings (SSSR count). The van der Waals surface area contributed by atoms with Gasteiger partial charge >= 0.3 is 62.6 Å². The molecule has 266 valence electrons. The summed E-state index contributed by atoms with van der Waals surface area (Å²) < 4.78 is 1.70. The van der Waals surface area contributed by atoms with Crippen LogP contribution in [0.25, 0.3) is 43.8 Å². The molecule has 2 radical (unpaired) electrons. The summed E-state index contributed by atoms with van der Waals surface area (Å²) in [6, 6.07) is 40.4. The first-order valence-electron chi connectivity index (χ1n) is 16.9. The van der Waals surface area contributed by atoms with Gasteiger partial charge in [0.15, 0.2) is 0 Å². The van der Waals surface area contributed by atoms with E-state index in [0.29, 0.717) is 0 Å². The molecule has 0 N–H and O–H groups in total. The SMILES string of the molecule is CCc1cc2c(-c3ccc([N+](C)(C)C)cc3)cccc2[cH-]1.CCc1cc2c(-c3ccc([N+](C)(C)C)cc3)cccc2[cH-]1.C[Si]C.[Cl][Zr]([Cl])([I])[I]. The molecular formula is C42H52Cl2I2N2SiZr. The van der Waals surface area contributed by atoms with Gasteiger partial charge in [-0.2, -0.15) is 12.1 Å². The van der Waals surface area contributed by atoms with Crippen molar-refractivity contribution in [3.8, 4) is 22.3 Å². The standard InChI is InChI=1S/2C20H23N.C2H6Si.2ClH.2HI.Zr/c2*1-5-15-13-17-7-6-8-19(20(17)14-15)16-9-11-18(12-10-16)21(2,3)4;1-3-2;;;;;/h2*6-14H,5H2,1-4H3;1-2H3;4*1H;/q;;;;;;;+4/p-4. The molecule has 0 aliphatic rings. The number of hydrogen-bond donors (Lipinski definition) is 0. The Morgan fingerprint density at radius 3 is 1.14 bits per heavy atom. The fraction of sp³-hybridized carbons (Fsp3) is 0.286. The maximum absolute atomic E-state index is 5.48. The van der Waals surface area contributed by atoms with Crippen molar-refractivity contribution in [3.63, 3.8) is 0 Å². The molecule has 0 aromatic heterocycles. The van der Waals surface area contributed by atoms with Gasteiger partial charge in [-0.15, -0.1) is 69.1 Å². The summed E-state index contributed by atoms with van der Waals surface area (Å²) in [4.78, 5) is 0. The second kappa shape index (κ2) is 19.5. The van der Waals surface area contributed by atoms with Crippen LogP contribution in [0.3, 0.4) is 0 Å². The predicted molar refractivity (Wildman–Crippen MR) is 245 cm³/mol. The first-order valence-corrected chi connectivity index (χ1v) is 39.9. The van der Waals surface area contributed by atoms with Gasteiger partial charge in [-0.25, -0.2) is 0 Å². The average molecular weight is 1030 g/mol. The topological polar surface area (TPSA) is 0 Å². The molecule has 0 unspecified atom stereocenters. The van der Waals surface area contributed by atoms with Crippen molar-refractivity contribution in [2.45, 2.75) is 39.8 Å². The van der Waals surface area contributed by atoms with Gasteiger partial charge < -0.3 is 0 Å². The van der Waals surface area contributed by atoms with Gasteiger partial charge in [0.05, 0.1) is 42.3 Å². The normalized spacial score (nSPS) is 11.6. The van der Waals surface area contributed by atoms with Crippen LogP contribution in [0.1, 0.15) is 25.0 Å². The third-order valence-corrected chi connectivity index (χ3v) is 8.34. The molecule has 0 fully saturated rings. The molecule has 50 heavy (non-hydrogen) atoms. The number of rotatable bonds is 6.